The van der Waals surface area contributed by atoms with Gasteiger partial charge in [-0.25, -0.2) is 0 Å². The lowest BCUT2D eigenvalue weighted by atomic mass is 9.86. The monoisotopic (exact) mass is 631 g/mol. The molecule has 0 unspecified atom stereocenters. The Morgan fingerprint density at radius 3 is 1.65 bits per heavy atom. The van der Waals surface area contributed by atoms with Gasteiger partial charge in [0.2, 0.25) is 0 Å². The molecule has 9 aromatic rings. The predicted molar refractivity (Wildman–Crippen MR) is 211 cm³/mol. The molecule has 0 atom stereocenters. The van der Waals surface area contributed by atoms with E-state index in [0.29, 0.717) is 0 Å². The van der Waals surface area contributed by atoms with Crippen molar-refractivity contribution in [3.63, 3.8) is 0 Å². The Morgan fingerprint density at radius 1 is 0.500 bits per heavy atom. The van der Waals surface area contributed by atoms with Crippen molar-refractivity contribution in [3.8, 4) is 33.5 Å². The van der Waals surface area contributed by atoms with Crippen LogP contribution in [0, 0.1) is 0 Å². The van der Waals surface area contributed by atoms with Crippen LogP contribution in [0.15, 0.2) is 177 Å². The number of fused-ring (bicyclic) bond motifs is 6. The molecule has 9 rings (SSSR count). The van der Waals surface area contributed by atoms with Gasteiger partial charge < -0.3 is 0 Å². The second-order valence-corrected chi connectivity index (χ2v) is 13.0. The molecule has 0 amide bonds. The molecule has 2 heterocycles. The van der Waals surface area contributed by atoms with Gasteiger partial charge >= 0.3 is 0 Å². The molecule has 0 aliphatic heterocycles. The number of allylic oxidation sites excluding steroid dienone is 3. The molecule has 0 aliphatic rings. The van der Waals surface area contributed by atoms with Crippen molar-refractivity contribution >= 4 is 63.8 Å². The Balaban J connectivity index is 0.000000629. The highest BCUT2D eigenvalue weighted by Crippen LogP contribution is 2.44. The molecule has 0 bridgehead atoms. The number of hydrogen-bond donors (Lipinski definition) is 0. The highest BCUT2D eigenvalue weighted by Gasteiger charge is 2.17. The van der Waals surface area contributed by atoms with E-state index in [9.17, 15) is 0 Å². The van der Waals surface area contributed by atoms with E-state index < -0.39 is 0 Å². The van der Waals surface area contributed by atoms with Crippen LogP contribution in [0.3, 0.4) is 0 Å². The first-order valence-corrected chi connectivity index (χ1v) is 17.1. The smallest absolute Gasteiger partial charge is 0.0702 e. The van der Waals surface area contributed by atoms with Crippen LogP contribution in [0.4, 0.5) is 0 Å². The van der Waals surface area contributed by atoms with Crippen LogP contribution < -0.4 is 0 Å². The molecular formula is C46H33NS. The molecule has 0 spiro atoms. The van der Waals surface area contributed by atoms with Gasteiger partial charge in [-0.3, -0.25) is 4.98 Å². The topological polar surface area (TPSA) is 12.9 Å². The van der Waals surface area contributed by atoms with Gasteiger partial charge in [-0.05, 0) is 80.2 Å². The zero-order valence-corrected chi connectivity index (χ0v) is 27.5. The van der Waals surface area contributed by atoms with Crippen molar-refractivity contribution in [3.05, 3.63) is 177 Å². The van der Waals surface area contributed by atoms with Gasteiger partial charge in [0.1, 0.15) is 0 Å². The SMILES string of the molecule is C=C/C=C\C.c1ccc(-c2c3ccccc3c(-c3ccc(-c4ccc5c(c4)sc4cc6ccccc6cc45)nc3)c3ccccc23)cc1. The van der Waals surface area contributed by atoms with E-state index in [1.54, 1.807) is 6.08 Å². The van der Waals surface area contributed by atoms with Crippen LogP contribution in [-0.4, -0.2) is 4.98 Å². The second kappa shape index (κ2) is 12.8. The summed E-state index contributed by atoms with van der Waals surface area (Å²) in [6.45, 7) is 5.42. The number of rotatable bonds is 4. The molecule has 48 heavy (non-hydrogen) atoms. The maximum Gasteiger partial charge on any atom is 0.0702 e. The standard InChI is InChI=1S/C41H25NS.C5H8/c1-2-10-26(11-3-1)40-32-14-6-8-16-34(32)41(35-17-9-7-15-33(35)40)30-19-21-37(42-25-30)29-18-20-31-36-22-27-12-4-5-13-28(27)23-39(36)43-38(31)24-29;1-3-5-4-2/h1-25H;3-5H,1H2,2H3/b;5-4-. The molecule has 0 saturated heterocycles. The van der Waals surface area contributed by atoms with Gasteiger partial charge in [0.15, 0.2) is 0 Å². The first kappa shape index (κ1) is 29.6. The Labute approximate surface area is 284 Å². The molecule has 228 valence electrons. The molecule has 0 saturated carbocycles. The second-order valence-electron chi connectivity index (χ2n) is 11.9. The van der Waals surface area contributed by atoms with E-state index in [1.807, 2.05) is 36.6 Å². The van der Waals surface area contributed by atoms with Crippen molar-refractivity contribution in [1.82, 2.24) is 4.98 Å². The van der Waals surface area contributed by atoms with Crippen molar-refractivity contribution in [2.24, 2.45) is 0 Å². The first-order valence-electron chi connectivity index (χ1n) is 16.3. The highest BCUT2D eigenvalue weighted by molar-refractivity contribution is 7.25. The van der Waals surface area contributed by atoms with E-state index in [0.717, 1.165) is 16.8 Å². The molecular weight excluding hydrogens is 599 g/mol. The van der Waals surface area contributed by atoms with Gasteiger partial charge in [0.25, 0.3) is 0 Å². The van der Waals surface area contributed by atoms with Crippen LogP contribution in [0.5, 0.6) is 0 Å². The summed E-state index contributed by atoms with van der Waals surface area (Å²) in [6, 6.07) is 52.7. The van der Waals surface area contributed by atoms with Gasteiger partial charge in [-0.2, -0.15) is 0 Å². The number of hydrogen-bond acceptors (Lipinski definition) is 2. The lowest BCUT2D eigenvalue weighted by Crippen LogP contribution is -1.91. The summed E-state index contributed by atoms with van der Waals surface area (Å²) >= 11 is 1.86. The third kappa shape index (κ3) is 5.27. The lowest BCUT2D eigenvalue weighted by Gasteiger charge is -2.17. The Morgan fingerprint density at radius 2 is 1.06 bits per heavy atom. The average molecular weight is 632 g/mol. The molecule has 7 aromatic carbocycles. The van der Waals surface area contributed by atoms with Crippen molar-refractivity contribution in [2.75, 3.05) is 0 Å². The third-order valence-corrected chi connectivity index (χ3v) is 10.1. The fourth-order valence-corrected chi connectivity index (χ4v) is 8.00. The van der Waals surface area contributed by atoms with E-state index >= 15 is 0 Å². The summed E-state index contributed by atoms with van der Waals surface area (Å²) in [5, 5.41) is 10.2. The van der Waals surface area contributed by atoms with E-state index in [2.05, 4.69) is 152 Å². The van der Waals surface area contributed by atoms with Crippen molar-refractivity contribution in [1.29, 1.82) is 0 Å². The van der Waals surface area contributed by atoms with E-state index in [1.165, 1.54) is 69.2 Å². The number of aromatic nitrogens is 1. The number of thiophene rings is 1. The fraction of sp³-hybridized carbons (Fsp3) is 0.0217. The van der Waals surface area contributed by atoms with Crippen molar-refractivity contribution in [2.45, 2.75) is 6.92 Å². The summed E-state index contributed by atoms with van der Waals surface area (Å²) < 4.78 is 2.62. The highest BCUT2D eigenvalue weighted by atomic mass is 32.1. The van der Waals surface area contributed by atoms with Gasteiger partial charge in [-0.1, -0.05) is 146 Å². The molecule has 1 nitrogen and oxygen atoms in total. The molecule has 2 aromatic heterocycles. The minimum atomic E-state index is 0.989. The molecule has 0 fully saturated rings. The van der Waals surface area contributed by atoms with E-state index in [4.69, 9.17) is 4.98 Å². The summed E-state index contributed by atoms with van der Waals surface area (Å²) in [5.41, 5.74) is 7.01. The number of benzene rings is 7. The van der Waals surface area contributed by atoms with Gasteiger partial charge in [0.05, 0.1) is 5.69 Å². The third-order valence-electron chi connectivity index (χ3n) is 9.01. The minimum Gasteiger partial charge on any atom is -0.256 e. The van der Waals surface area contributed by atoms with Crippen LogP contribution in [-0.2, 0) is 0 Å². The quantitative estimate of drug-likeness (QED) is 0.139. The Bertz CT molecular complexity index is 2570. The normalized spacial score (nSPS) is 11.4. The molecule has 0 aliphatic carbocycles. The largest absolute Gasteiger partial charge is 0.256 e. The molecule has 0 N–H and O–H groups in total. The van der Waals surface area contributed by atoms with Crippen LogP contribution >= 0.6 is 11.3 Å². The Hall–Kier alpha value is -5.83. The van der Waals surface area contributed by atoms with Gasteiger partial charge in [0, 0.05) is 37.5 Å². The van der Waals surface area contributed by atoms with Crippen LogP contribution in [0.25, 0.3) is 86.0 Å². The maximum atomic E-state index is 5.03. The molecule has 0 radical (unpaired) electrons. The number of pyridine rings is 1. The van der Waals surface area contributed by atoms with Gasteiger partial charge in [-0.15, -0.1) is 11.3 Å². The van der Waals surface area contributed by atoms with E-state index in [-0.39, 0.29) is 0 Å². The van der Waals surface area contributed by atoms with Crippen LogP contribution in [0.1, 0.15) is 6.92 Å². The summed E-state index contributed by atoms with van der Waals surface area (Å²) in [5.74, 6) is 0. The fourth-order valence-electron chi connectivity index (χ4n) is 6.83. The van der Waals surface area contributed by atoms with Crippen LogP contribution in [0.2, 0.25) is 0 Å². The maximum absolute atomic E-state index is 5.03. The zero-order valence-electron chi connectivity index (χ0n) is 26.7. The molecule has 2 heteroatoms. The number of nitrogens with zero attached hydrogens (tertiary/aromatic N) is 1. The summed E-state index contributed by atoms with van der Waals surface area (Å²) in [4.78, 5) is 5.03. The minimum absolute atomic E-state index is 0.989. The van der Waals surface area contributed by atoms with Crippen molar-refractivity contribution < 1.29 is 0 Å². The predicted octanol–water partition coefficient (Wildman–Crippen LogP) is 13.7. The average Bonchev–Trinajstić information content (AvgIpc) is 3.50. The zero-order chi connectivity index (χ0) is 32.5. The first-order chi connectivity index (χ1) is 23.7. The summed E-state index contributed by atoms with van der Waals surface area (Å²) in [7, 11) is 0. The lowest BCUT2D eigenvalue weighted by molar-refractivity contribution is 1.33. The summed E-state index contributed by atoms with van der Waals surface area (Å²) in [6.07, 6.45) is 7.63. The Kier molecular flexibility index (Phi) is 7.86.